The molecule has 4 nitrogen and oxygen atoms in total. The van der Waals surface area contributed by atoms with E-state index in [0.717, 1.165) is 13.2 Å². The Bertz CT molecular complexity index is 217. The lowest BCUT2D eigenvalue weighted by molar-refractivity contribution is -0.0111. The summed E-state index contributed by atoms with van der Waals surface area (Å²) in [7, 11) is 4.39. The molecule has 0 amide bonds. The normalized spacial score (nSPS) is 22.9. The summed E-state index contributed by atoms with van der Waals surface area (Å²) in [5.41, 5.74) is 5.92. The van der Waals surface area contributed by atoms with E-state index in [-0.39, 0.29) is 5.54 Å². The maximum atomic E-state index is 5.95. The van der Waals surface area contributed by atoms with Gasteiger partial charge in [-0.05, 0) is 53.9 Å². The number of nitrogens with two attached hydrogens (primary N) is 1. The van der Waals surface area contributed by atoms with Gasteiger partial charge in [0.05, 0.1) is 12.1 Å². The van der Waals surface area contributed by atoms with Crippen LogP contribution in [0.15, 0.2) is 0 Å². The van der Waals surface area contributed by atoms with Crippen molar-refractivity contribution in [2.75, 3.05) is 46.9 Å². The molecule has 1 fully saturated rings. The molecule has 1 rings (SSSR count). The van der Waals surface area contributed by atoms with Crippen LogP contribution in [0.1, 0.15) is 26.7 Å². The monoisotopic (exact) mass is 243 g/mol. The highest BCUT2D eigenvalue weighted by molar-refractivity contribution is 4.91. The summed E-state index contributed by atoms with van der Waals surface area (Å²) in [5.74, 6) is 0. The fourth-order valence-corrected chi connectivity index (χ4v) is 2.45. The van der Waals surface area contributed by atoms with Crippen molar-refractivity contribution in [1.82, 2.24) is 9.80 Å². The highest BCUT2D eigenvalue weighted by Crippen LogP contribution is 2.22. The smallest absolute Gasteiger partial charge is 0.0659 e. The van der Waals surface area contributed by atoms with Gasteiger partial charge in [-0.3, -0.25) is 4.90 Å². The van der Waals surface area contributed by atoms with Gasteiger partial charge in [0.25, 0.3) is 0 Å². The van der Waals surface area contributed by atoms with Gasteiger partial charge in [-0.25, -0.2) is 0 Å². The number of rotatable bonds is 6. The Labute approximate surface area is 106 Å². The molecule has 1 heterocycles. The maximum Gasteiger partial charge on any atom is 0.0659 e. The van der Waals surface area contributed by atoms with E-state index in [1.165, 1.54) is 25.9 Å². The zero-order valence-electron chi connectivity index (χ0n) is 11.9. The molecule has 0 spiro atoms. The zero-order valence-corrected chi connectivity index (χ0v) is 11.9. The lowest BCUT2D eigenvalue weighted by atomic mass is 9.95. The molecule has 0 radical (unpaired) electrons. The third-order valence-electron chi connectivity index (χ3n) is 4.14. The number of ether oxygens (including phenoxy) is 1. The van der Waals surface area contributed by atoms with Crippen molar-refractivity contribution in [3.63, 3.8) is 0 Å². The maximum absolute atomic E-state index is 5.95. The number of likely N-dealkylation sites (N-methyl/N-ethyl adjacent to an activating group) is 1. The molecule has 1 aliphatic heterocycles. The highest BCUT2D eigenvalue weighted by Gasteiger charge is 2.34. The van der Waals surface area contributed by atoms with Gasteiger partial charge in [-0.1, -0.05) is 0 Å². The molecule has 0 aromatic rings. The van der Waals surface area contributed by atoms with E-state index in [2.05, 4.69) is 30.8 Å². The van der Waals surface area contributed by atoms with Crippen LogP contribution >= 0.6 is 0 Å². The van der Waals surface area contributed by atoms with Gasteiger partial charge in [0.15, 0.2) is 0 Å². The van der Waals surface area contributed by atoms with Crippen molar-refractivity contribution >= 4 is 0 Å². The third-order valence-corrected chi connectivity index (χ3v) is 4.14. The van der Waals surface area contributed by atoms with E-state index in [0.29, 0.717) is 12.6 Å². The van der Waals surface area contributed by atoms with Gasteiger partial charge in [-0.2, -0.15) is 0 Å². The summed E-state index contributed by atoms with van der Waals surface area (Å²) in [6.07, 6.45) is 2.46. The third kappa shape index (κ3) is 3.91. The standard InChI is InChI=1S/C13H29N3O/c1-5-17-11-13(2,10-14)16(4)12-6-8-15(3)9-7-12/h12H,5-11,14H2,1-4H3. The summed E-state index contributed by atoms with van der Waals surface area (Å²) in [6.45, 7) is 8.75. The molecule has 17 heavy (non-hydrogen) atoms. The quantitative estimate of drug-likeness (QED) is 0.748. The second-order valence-corrected chi connectivity index (χ2v) is 5.48. The molecule has 2 N–H and O–H groups in total. The molecule has 0 aromatic carbocycles. The second-order valence-electron chi connectivity index (χ2n) is 5.48. The van der Waals surface area contributed by atoms with E-state index >= 15 is 0 Å². The fraction of sp³-hybridized carbons (Fsp3) is 1.00. The zero-order chi connectivity index (χ0) is 12.9. The molecule has 1 atom stereocenters. The number of likely N-dealkylation sites (tertiary alicyclic amines) is 1. The van der Waals surface area contributed by atoms with E-state index in [4.69, 9.17) is 10.5 Å². The first-order valence-corrected chi connectivity index (χ1v) is 6.72. The van der Waals surface area contributed by atoms with Gasteiger partial charge in [0.1, 0.15) is 0 Å². The molecule has 0 aliphatic carbocycles. The van der Waals surface area contributed by atoms with Gasteiger partial charge in [0, 0.05) is 19.2 Å². The minimum absolute atomic E-state index is 0.0312. The molecule has 4 heteroatoms. The first-order chi connectivity index (χ1) is 8.03. The lowest BCUT2D eigenvalue weighted by Gasteiger charge is -2.45. The summed E-state index contributed by atoms with van der Waals surface area (Å²) in [4.78, 5) is 4.84. The topological polar surface area (TPSA) is 41.7 Å². The summed E-state index contributed by atoms with van der Waals surface area (Å²) >= 11 is 0. The highest BCUT2D eigenvalue weighted by atomic mass is 16.5. The van der Waals surface area contributed by atoms with Crippen LogP contribution in [-0.4, -0.2) is 68.3 Å². The van der Waals surface area contributed by atoms with Crippen LogP contribution in [0.3, 0.4) is 0 Å². The largest absolute Gasteiger partial charge is 0.380 e. The molecule has 0 bridgehead atoms. The Morgan fingerprint density at radius 1 is 1.41 bits per heavy atom. The van der Waals surface area contributed by atoms with Crippen LogP contribution in [0, 0.1) is 0 Å². The SMILES string of the molecule is CCOCC(C)(CN)N(C)C1CCN(C)CC1. The Hall–Kier alpha value is -0.160. The Morgan fingerprint density at radius 2 is 2.00 bits per heavy atom. The van der Waals surface area contributed by atoms with E-state index in [9.17, 15) is 0 Å². The molecule has 1 unspecified atom stereocenters. The molecular weight excluding hydrogens is 214 g/mol. The van der Waals surface area contributed by atoms with Gasteiger partial charge >= 0.3 is 0 Å². The van der Waals surface area contributed by atoms with E-state index in [1.54, 1.807) is 0 Å². The predicted octanol–water partition coefficient (Wildman–Crippen LogP) is 0.766. The number of hydrogen-bond acceptors (Lipinski definition) is 4. The second kappa shape index (κ2) is 6.69. The van der Waals surface area contributed by atoms with Crippen molar-refractivity contribution in [2.45, 2.75) is 38.3 Å². The Morgan fingerprint density at radius 3 is 2.47 bits per heavy atom. The molecule has 1 aliphatic rings. The van der Waals surface area contributed by atoms with Crippen molar-refractivity contribution in [3.05, 3.63) is 0 Å². The first-order valence-electron chi connectivity index (χ1n) is 6.72. The minimum Gasteiger partial charge on any atom is -0.380 e. The van der Waals surface area contributed by atoms with Crippen molar-refractivity contribution in [3.8, 4) is 0 Å². The van der Waals surface area contributed by atoms with Crippen LogP contribution in [-0.2, 0) is 4.74 Å². The summed E-state index contributed by atoms with van der Waals surface area (Å²) in [6, 6.07) is 0.639. The van der Waals surface area contributed by atoms with Crippen LogP contribution < -0.4 is 5.73 Å². The van der Waals surface area contributed by atoms with Crippen LogP contribution in [0.5, 0.6) is 0 Å². The van der Waals surface area contributed by atoms with Crippen molar-refractivity contribution in [1.29, 1.82) is 0 Å². The number of hydrogen-bond donors (Lipinski definition) is 1. The Kier molecular flexibility index (Phi) is 5.86. The summed E-state index contributed by atoms with van der Waals surface area (Å²) < 4.78 is 5.59. The molecule has 102 valence electrons. The van der Waals surface area contributed by atoms with Gasteiger partial charge in [-0.15, -0.1) is 0 Å². The minimum atomic E-state index is -0.0312. The van der Waals surface area contributed by atoms with E-state index in [1.807, 2.05) is 6.92 Å². The Balaban J connectivity index is 2.55. The molecule has 0 aromatic heterocycles. The molecular formula is C13H29N3O. The number of nitrogens with zero attached hydrogens (tertiary/aromatic N) is 2. The molecule has 0 saturated carbocycles. The van der Waals surface area contributed by atoms with E-state index < -0.39 is 0 Å². The average Bonchev–Trinajstić information content (AvgIpc) is 2.36. The van der Waals surface area contributed by atoms with Crippen LogP contribution in [0.4, 0.5) is 0 Å². The number of piperidine rings is 1. The van der Waals surface area contributed by atoms with Crippen molar-refractivity contribution < 1.29 is 4.74 Å². The first kappa shape index (κ1) is 14.9. The summed E-state index contributed by atoms with van der Waals surface area (Å²) in [5, 5.41) is 0. The lowest BCUT2D eigenvalue weighted by Crippen LogP contribution is -2.58. The van der Waals surface area contributed by atoms with Gasteiger partial charge < -0.3 is 15.4 Å². The van der Waals surface area contributed by atoms with Crippen molar-refractivity contribution in [2.24, 2.45) is 5.73 Å². The average molecular weight is 243 g/mol. The molecule has 1 saturated heterocycles. The fourth-order valence-electron chi connectivity index (χ4n) is 2.45. The predicted molar refractivity (Wildman–Crippen MR) is 72.2 cm³/mol. The van der Waals surface area contributed by atoms with Crippen LogP contribution in [0.25, 0.3) is 0 Å². The van der Waals surface area contributed by atoms with Crippen LogP contribution in [0.2, 0.25) is 0 Å². The van der Waals surface area contributed by atoms with Gasteiger partial charge in [0.2, 0.25) is 0 Å².